The van der Waals surface area contributed by atoms with E-state index in [0.717, 1.165) is 0 Å². The molecule has 0 aromatic heterocycles. The fourth-order valence-electron chi connectivity index (χ4n) is 0.772. The smallest absolute Gasteiger partial charge is 0.168 e. The number of hydrogen-bond donors (Lipinski definition) is 0. The van der Waals surface area contributed by atoms with Crippen LogP contribution in [0.15, 0.2) is 0 Å². The summed E-state index contributed by atoms with van der Waals surface area (Å²) in [6.07, 6.45) is 0.380. The number of halogens is 2. The summed E-state index contributed by atoms with van der Waals surface area (Å²) < 4.78 is 20.8. The molecule has 1 aliphatic heterocycles. The normalized spacial score (nSPS) is 41.1. The Morgan fingerprint density at radius 1 is 1.33 bits per heavy atom. The largest absolute Gasteiger partial charge is 0.227 e. The first kappa shape index (κ1) is 7.63. The van der Waals surface area contributed by atoms with Crippen molar-refractivity contribution in [3.8, 4) is 0 Å². The van der Waals surface area contributed by atoms with Crippen LogP contribution >= 0.6 is 23.2 Å². The third-order valence-electron chi connectivity index (χ3n) is 1.24. The molecule has 2 unspecified atom stereocenters. The lowest BCUT2D eigenvalue weighted by molar-refractivity contribution is 0.600. The summed E-state index contributed by atoms with van der Waals surface area (Å²) in [6.45, 7) is 0. The molecule has 9 heavy (non-hydrogen) atoms. The quantitative estimate of drug-likeness (QED) is 0.532. The molecular formula is C4H6Cl2O2S. The van der Waals surface area contributed by atoms with Crippen LogP contribution in [-0.4, -0.2) is 24.3 Å². The second-order valence-corrected chi connectivity index (χ2v) is 5.70. The van der Waals surface area contributed by atoms with E-state index in [9.17, 15) is 8.42 Å². The highest BCUT2D eigenvalue weighted by Gasteiger charge is 2.35. The molecule has 1 fully saturated rings. The van der Waals surface area contributed by atoms with Crippen molar-refractivity contribution in [3.63, 3.8) is 0 Å². The standard InChI is InChI=1S/C4H6Cl2O2S/c5-3-1-4(6)9(7,8)2-3/h3-4H,1-2H2. The lowest BCUT2D eigenvalue weighted by Crippen LogP contribution is -2.08. The van der Waals surface area contributed by atoms with Gasteiger partial charge >= 0.3 is 0 Å². The maximum Gasteiger partial charge on any atom is 0.168 e. The Bertz CT molecular complexity index is 199. The minimum absolute atomic E-state index is 0.0305. The van der Waals surface area contributed by atoms with Crippen molar-refractivity contribution in [1.82, 2.24) is 0 Å². The van der Waals surface area contributed by atoms with Crippen molar-refractivity contribution in [2.75, 3.05) is 5.75 Å². The maximum absolute atomic E-state index is 10.8. The van der Waals surface area contributed by atoms with Crippen molar-refractivity contribution in [3.05, 3.63) is 0 Å². The van der Waals surface area contributed by atoms with Gasteiger partial charge in [-0.15, -0.1) is 23.2 Å². The highest BCUT2D eigenvalue weighted by Crippen LogP contribution is 2.26. The summed E-state index contributed by atoms with van der Waals surface area (Å²) >= 11 is 11.0. The molecule has 0 aromatic carbocycles. The van der Waals surface area contributed by atoms with Gasteiger partial charge in [0.15, 0.2) is 9.84 Å². The van der Waals surface area contributed by atoms with Crippen LogP contribution in [0.4, 0.5) is 0 Å². The summed E-state index contributed by atoms with van der Waals surface area (Å²) in [6, 6.07) is 0. The molecule has 0 radical (unpaired) electrons. The second-order valence-electron chi connectivity index (χ2n) is 2.07. The van der Waals surface area contributed by atoms with Crippen LogP contribution in [0.25, 0.3) is 0 Å². The Labute approximate surface area is 64.1 Å². The van der Waals surface area contributed by atoms with E-state index < -0.39 is 14.5 Å². The van der Waals surface area contributed by atoms with Gasteiger partial charge in [-0.3, -0.25) is 0 Å². The predicted molar refractivity (Wildman–Crippen MR) is 37.7 cm³/mol. The molecule has 0 amide bonds. The Hall–Kier alpha value is 0.530. The van der Waals surface area contributed by atoms with Gasteiger partial charge in [-0.2, -0.15) is 0 Å². The van der Waals surface area contributed by atoms with Crippen LogP contribution in [-0.2, 0) is 9.84 Å². The molecule has 5 heteroatoms. The van der Waals surface area contributed by atoms with Crippen molar-refractivity contribution in [1.29, 1.82) is 0 Å². The number of alkyl halides is 2. The minimum atomic E-state index is -3.04. The predicted octanol–water partition coefficient (Wildman–Crippen LogP) is 0.977. The van der Waals surface area contributed by atoms with Crippen LogP contribution in [0.2, 0.25) is 0 Å². The summed E-state index contributed by atoms with van der Waals surface area (Å²) in [4.78, 5) is 0. The van der Waals surface area contributed by atoms with E-state index in [0.29, 0.717) is 6.42 Å². The molecule has 0 spiro atoms. The van der Waals surface area contributed by atoms with Crippen LogP contribution < -0.4 is 0 Å². The first-order chi connectivity index (χ1) is 4.02. The number of hydrogen-bond acceptors (Lipinski definition) is 2. The summed E-state index contributed by atoms with van der Waals surface area (Å²) in [5, 5.41) is -0.280. The summed E-state index contributed by atoms with van der Waals surface area (Å²) in [7, 11) is -3.04. The summed E-state index contributed by atoms with van der Waals surface area (Å²) in [5.74, 6) is 0.0305. The second kappa shape index (κ2) is 2.29. The molecule has 0 aromatic rings. The molecule has 2 nitrogen and oxygen atoms in total. The van der Waals surface area contributed by atoms with E-state index in [1.807, 2.05) is 0 Å². The molecule has 0 saturated carbocycles. The Kier molecular flexibility index (Phi) is 1.94. The molecule has 0 N–H and O–H groups in total. The first-order valence-electron chi connectivity index (χ1n) is 2.52. The van der Waals surface area contributed by atoms with Gasteiger partial charge in [-0.05, 0) is 6.42 Å². The van der Waals surface area contributed by atoms with Gasteiger partial charge in [-0.25, -0.2) is 8.42 Å². The zero-order chi connectivity index (χ0) is 7.07. The third-order valence-corrected chi connectivity index (χ3v) is 4.59. The third kappa shape index (κ3) is 1.51. The lowest BCUT2D eigenvalue weighted by atomic mass is 10.4. The molecule has 1 heterocycles. The van der Waals surface area contributed by atoms with Crippen LogP contribution in [0.3, 0.4) is 0 Å². The molecule has 2 atom stereocenters. The van der Waals surface area contributed by atoms with E-state index in [-0.39, 0.29) is 11.1 Å². The van der Waals surface area contributed by atoms with Crippen LogP contribution in [0.5, 0.6) is 0 Å². The topological polar surface area (TPSA) is 34.1 Å². The van der Waals surface area contributed by atoms with Gasteiger partial charge < -0.3 is 0 Å². The average molecular weight is 189 g/mol. The van der Waals surface area contributed by atoms with E-state index in [1.54, 1.807) is 0 Å². The number of rotatable bonds is 0. The Morgan fingerprint density at radius 3 is 2.00 bits per heavy atom. The minimum Gasteiger partial charge on any atom is -0.227 e. The summed E-state index contributed by atoms with van der Waals surface area (Å²) in [5.41, 5.74) is 0. The van der Waals surface area contributed by atoms with Crippen molar-refractivity contribution in [2.45, 2.75) is 16.5 Å². The van der Waals surface area contributed by atoms with Gasteiger partial charge in [0.25, 0.3) is 0 Å². The van der Waals surface area contributed by atoms with Crippen molar-refractivity contribution < 1.29 is 8.42 Å². The number of sulfone groups is 1. The van der Waals surface area contributed by atoms with Gasteiger partial charge in [0.05, 0.1) is 5.75 Å². The van der Waals surface area contributed by atoms with E-state index in [4.69, 9.17) is 23.2 Å². The maximum atomic E-state index is 10.8. The van der Waals surface area contributed by atoms with E-state index in [1.165, 1.54) is 0 Å². The fraction of sp³-hybridized carbons (Fsp3) is 1.00. The molecular weight excluding hydrogens is 183 g/mol. The zero-order valence-corrected chi connectivity index (χ0v) is 6.88. The van der Waals surface area contributed by atoms with E-state index >= 15 is 0 Å². The van der Waals surface area contributed by atoms with Crippen LogP contribution in [0.1, 0.15) is 6.42 Å². The van der Waals surface area contributed by atoms with Gasteiger partial charge in [0, 0.05) is 5.38 Å². The Balaban J connectivity index is 2.83. The highest BCUT2D eigenvalue weighted by atomic mass is 35.5. The van der Waals surface area contributed by atoms with E-state index in [2.05, 4.69) is 0 Å². The average Bonchev–Trinajstić information content (AvgIpc) is 1.79. The van der Waals surface area contributed by atoms with Gasteiger partial charge in [0.1, 0.15) is 4.71 Å². The van der Waals surface area contributed by atoms with Gasteiger partial charge in [0.2, 0.25) is 0 Å². The molecule has 0 aliphatic carbocycles. The molecule has 1 aliphatic rings. The van der Waals surface area contributed by atoms with Crippen molar-refractivity contribution in [2.24, 2.45) is 0 Å². The monoisotopic (exact) mass is 188 g/mol. The molecule has 1 saturated heterocycles. The fourth-order valence-corrected chi connectivity index (χ4v) is 3.48. The molecule has 0 bridgehead atoms. The van der Waals surface area contributed by atoms with Crippen molar-refractivity contribution >= 4 is 33.0 Å². The highest BCUT2D eigenvalue weighted by molar-refractivity contribution is 7.93. The SMILES string of the molecule is O=S1(=O)CC(Cl)CC1Cl. The lowest BCUT2D eigenvalue weighted by Gasteiger charge is -1.93. The molecule has 1 rings (SSSR count). The van der Waals surface area contributed by atoms with Crippen LogP contribution in [0, 0.1) is 0 Å². The Morgan fingerprint density at radius 2 is 1.89 bits per heavy atom. The molecule has 54 valence electrons. The van der Waals surface area contributed by atoms with Gasteiger partial charge in [-0.1, -0.05) is 0 Å². The zero-order valence-electron chi connectivity index (χ0n) is 4.55. The first-order valence-corrected chi connectivity index (χ1v) is 5.11.